The second-order valence-corrected chi connectivity index (χ2v) is 4.92. The minimum absolute atomic E-state index is 0.906. The maximum absolute atomic E-state index is 3.48. The van der Waals surface area contributed by atoms with Crippen LogP contribution in [0.5, 0.6) is 0 Å². The molecule has 0 aliphatic rings. The topological polar surface area (TPSA) is 0 Å². The van der Waals surface area contributed by atoms with Crippen LogP contribution in [0.4, 0.5) is 0 Å². The lowest BCUT2D eigenvalue weighted by atomic mass is 9.98. The maximum atomic E-state index is 3.48. The van der Waals surface area contributed by atoms with Crippen molar-refractivity contribution in [2.24, 2.45) is 0 Å². The van der Waals surface area contributed by atoms with Gasteiger partial charge in [-0.15, -0.1) is 0 Å². The quantitative estimate of drug-likeness (QED) is 0.555. The van der Waals surface area contributed by atoms with Crippen molar-refractivity contribution in [3.8, 4) is 11.1 Å². The molecule has 0 atom stereocenters. The maximum Gasteiger partial charge on any atom is 0.0283 e. The Hall–Kier alpha value is -1.60. The van der Waals surface area contributed by atoms with Gasteiger partial charge >= 0.3 is 0 Å². The van der Waals surface area contributed by atoms with Gasteiger partial charge in [0.1, 0.15) is 0 Å². The fourth-order valence-electron chi connectivity index (χ4n) is 2.25. The van der Waals surface area contributed by atoms with Crippen molar-refractivity contribution < 1.29 is 0 Å². The molecule has 3 rings (SSSR count). The number of fused-ring (bicyclic) bond motifs is 1. The van der Waals surface area contributed by atoms with E-state index in [1.165, 1.54) is 27.5 Å². The Balaban J connectivity index is 2.18. The van der Waals surface area contributed by atoms with Gasteiger partial charge in [0, 0.05) is 5.33 Å². The Morgan fingerprint density at radius 1 is 0.722 bits per heavy atom. The molecule has 0 saturated heterocycles. The van der Waals surface area contributed by atoms with Gasteiger partial charge in [0.05, 0.1) is 0 Å². The van der Waals surface area contributed by atoms with Gasteiger partial charge in [-0.3, -0.25) is 0 Å². The molecule has 18 heavy (non-hydrogen) atoms. The summed E-state index contributed by atoms with van der Waals surface area (Å²) in [7, 11) is 0. The van der Waals surface area contributed by atoms with Crippen molar-refractivity contribution in [2.45, 2.75) is 5.33 Å². The third-order valence-corrected chi connectivity index (χ3v) is 3.86. The fourth-order valence-corrected chi connectivity index (χ4v) is 2.62. The Kier molecular flexibility index (Phi) is 3.16. The van der Waals surface area contributed by atoms with Crippen molar-refractivity contribution in [3.05, 3.63) is 72.3 Å². The molecular weight excluding hydrogens is 284 g/mol. The lowest BCUT2D eigenvalue weighted by Gasteiger charge is -2.07. The zero-order chi connectivity index (χ0) is 12.4. The van der Waals surface area contributed by atoms with E-state index in [-0.39, 0.29) is 0 Å². The van der Waals surface area contributed by atoms with Crippen LogP contribution in [0.2, 0.25) is 0 Å². The van der Waals surface area contributed by atoms with Crippen LogP contribution < -0.4 is 0 Å². The molecule has 3 aromatic rings. The van der Waals surface area contributed by atoms with Gasteiger partial charge in [-0.05, 0) is 27.5 Å². The molecule has 3 aromatic carbocycles. The molecule has 1 heteroatoms. The predicted molar refractivity (Wildman–Crippen MR) is 82.0 cm³/mol. The molecule has 0 fully saturated rings. The summed E-state index contributed by atoms with van der Waals surface area (Å²) in [4.78, 5) is 0. The highest BCUT2D eigenvalue weighted by Crippen LogP contribution is 2.28. The van der Waals surface area contributed by atoms with E-state index in [4.69, 9.17) is 0 Å². The fraction of sp³-hybridized carbons (Fsp3) is 0.0588. The summed E-state index contributed by atoms with van der Waals surface area (Å²) in [5.41, 5.74) is 3.88. The van der Waals surface area contributed by atoms with Gasteiger partial charge < -0.3 is 0 Å². The van der Waals surface area contributed by atoms with Crippen molar-refractivity contribution >= 4 is 26.7 Å². The van der Waals surface area contributed by atoms with Crippen LogP contribution in [0, 0.1) is 0 Å². The molecule has 0 heterocycles. The van der Waals surface area contributed by atoms with Crippen LogP contribution in [0.3, 0.4) is 0 Å². The summed E-state index contributed by atoms with van der Waals surface area (Å²) in [6, 6.07) is 23.7. The first kappa shape index (κ1) is 11.5. The summed E-state index contributed by atoms with van der Waals surface area (Å²) in [5, 5.41) is 3.51. The average Bonchev–Trinajstić information content (AvgIpc) is 2.47. The average molecular weight is 297 g/mol. The molecule has 0 unspecified atom stereocenters. The molecule has 0 amide bonds. The number of hydrogen-bond acceptors (Lipinski definition) is 0. The normalized spacial score (nSPS) is 10.7. The van der Waals surface area contributed by atoms with Crippen LogP contribution >= 0.6 is 15.9 Å². The number of benzene rings is 3. The monoisotopic (exact) mass is 296 g/mol. The Morgan fingerprint density at radius 2 is 1.44 bits per heavy atom. The van der Waals surface area contributed by atoms with E-state index in [2.05, 4.69) is 82.7 Å². The molecule has 0 aliphatic carbocycles. The minimum Gasteiger partial charge on any atom is -0.0876 e. The number of halogens is 1. The first-order valence-electron chi connectivity index (χ1n) is 6.01. The van der Waals surface area contributed by atoms with E-state index in [9.17, 15) is 0 Å². The molecule has 0 N–H and O–H groups in total. The molecule has 0 aromatic heterocycles. The van der Waals surface area contributed by atoms with Gasteiger partial charge in [0.25, 0.3) is 0 Å². The van der Waals surface area contributed by atoms with Crippen molar-refractivity contribution in [2.75, 3.05) is 0 Å². The number of alkyl halides is 1. The zero-order valence-electron chi connectivity index (χ0n) is 9.94. The number of rotatable bonds is 2. The zero-order valence-corrected chi connectivity index (χ0v) is 11.5. The highest BCUT2D eigenvalue weighted by Gasteiger charge is 2.02. The molecule has 88 valence electrons. The lowest BCUT2D eigenvalue weighted by molar-refractivity contribution is 1.44. The molecule has 0 aliphatic heterocycles. The van der Waals surface area contributed by atoms with Crippen molar-refractivity contribution in [3.63, 3.8) is 0 Å². The summed E-state index contributed by atoms with van der Waals surface area (Å²) in [5.74, 6) is 0. The van der Waals surface area contributed by atoms with E-state index in [0.29, 0.717) is 0 Å². The summed E-state index contributed by atoms with van der Waals surface area (Å²) in [6.45, 7) is 0. The second-order valence-electron chi connectivity index (χ2n) is 4.36. The third kappa shape index (κ3) is 2.06. The van der Waals surface area contributed by atoms with E-state index in [0.717, 1.165) is 5.33 Å². The van der Waals surface area contributed by atoms with E-state index < -0.39 is 0 Å². The number of hydrogen-bond donors (Lipinski definition) is 0. The van der Waals surface area contributed by atoms with Crippen LogP contribution in [0.15, 0.2) is 66.7 Å². The second kappa shape index (κ2) is 4.95. The minimum atomic E-state index is 0.906. The van der Waals surface area contributed by atoms with Crippen molar-refractivity contribution in [1.29, 1.82) is 0 Å². The van der Waals surface area contributed by atoms with Crippen LogP contribution in [-0.4, -0.2) is 0 Å². The van der Waals surface area contributed by atoms with Gasteiger partial charge in [0.15, 0.2) is 0 Å². The van der Waals surface area contributed by atoms with E-state index >= 15 is 0 Å². The first-order chi connectivity index (χ1) is 8.88. The highest BCUT2D eigenvalue weighted by molar-refractivity contribution is 9.08. The molecular formula is C17H13Br. The summed E-state index contributed by atoms with van der Waals surface area (Å²) < 4.78 is 0. The summed E-state index contributed by atoms with van der Waals surface area (Å²) >= 11 is 3.48. The molecule has 0 bridgehead atoms. The van der Waals surface area contributed by atoms with Crippen molar-refractivity contribution in [1.82, 2.24) is 0 Å². The molecule has 0 saturated carbocycles. The van der Waals surface area contributed by atoms with E-state index in [1.807, 2.05) is 0 Å². The van der Waals surface area contributed by atoms with E-state index in [1.54, 1.807) is 0 Å². The van der Waals surface area contributed by atoms with Crippen LogP contribution in [0.25, 0.3) is 21.9 Å². The van der Waals surface area contributed by atoms with Gasteiger partial charge in [0.2, 0.25) is 0 Å². The molecule has 0 nitrogen and oxygen atoms in total. The Labute approximate surface area is 115 Å². The van der Waals surface area contributed by atoms with Crippen LogP contribution in [-0.2, 0) is 5.33 Å². The molecule has 0 radical (unpaired) electrons. The third-order valence-electron chi connectivity index (χ3n) is 3.21. The smallest absolute Gasteiger partial charge is 0.0283 e. The predicted octanol–water partition coefficient (Wildman–Crippen LogP) is 5.40. The van der Waals surface area contributed by atoms with Crippen LogP contribution in [0.1, 0.15) is 5.56 Å². The largest absolute Gasteiger partial charge is 0.0876 e. The molecule has 0 spiro atoms. The lowest BCUT2D eigenvalue weighted by Crippen LogP contribution is -1.82. The SMILES string of the molecule is BrCc1ccc(-c2cccc3ccccc23)cc1. The van der Waals surface area contributed by atoms with Gasteiger partial charge in [-0.25, -0.2) is 0 Å². The standard InChI is InChI=1S/C17H13Br/c18-12-13-8-10-15(11-9-13)17-7-3-5-14-4-1-2-6-16(14)17/h1-11H,12H2. The Morgan fingerprint density at radius 3 is 2.22 bits per heavy atom. The first-order valence-corrected chi connectivity index (χ1v) is 7.14. The Bertz CT molecular complexity index is 663. The summed E-state index contributed by atoms with van der Waals surface area (Å²) in [6.07, 6.45) is 0. The van der Waals surface area contributed by atoms with Gasteiger partial charge in [-0.2, -0.15) is 0 Å². The highest BCUT2D eigenvalue weighted by atomic mass is 79.9. The van der Waals surface area contributed by atoms with Gasteiger partial charge in [-0.1, -0.05) is 82.7 Å².